The van der Waals surface area contributed by atoms with E-state index in [9.17, 15) is 47.0 Å². The summed E-state index contributed by atoms with van der Waals surface area (Å²) in [6, 6.07) is 24.3. The van der Waals surface area contributed by atoms with E-state index in [2.05, 4.69) is 71.7 Å². The third kappa shape index (κ3) is 14.0. The first-order valence-electron chi connectivity index (χ1n) is 31.0. The Morgan fingerprint density at radius 2 is 0.953 bits per heavy atom. The summed E-state index contributed by atoms with van der Waals surface area (Å²) in [6.07, 6.45) is 5.22. The maximum atomic E-state index is 13.8. The number of nitriles is 1. The molecular formula is C68H46Cl3F3N18O11S3. The molecule has 4 aliphatic rings. The first-order chi connectivity index (χ1) is 51.2. The van der Waals surface area contributed by atoms with Crippen LogP contribution >= 0.6 is 68.8 Å². The second kappa shape index (κ2) is 29.9. The minimum Gasteiger partial charge on any atom is -0.504 e. The van der Waals surface area contributed by atoms with Crippen molar-refractivity contribution < 1.29 is 66.0 Å². The van der Waals surface area contributed by atoms with Crippen LogP contribution in [0.2, 0.25) is 15.1 Å². The number of phenols is 1. The van der Waals surface area contributed by atoms with Gasteiger partial charge in [-0.2, -0.15) is 5.26 Å². The molecule has 4 aliphatic heterocycles. The molecule has 1 saturated heterocycles. The molecule has 0 aliphatic carbocycles. The number of aromatic nitrogens is 7. The Labute approximate surface area is 621 Å². The number of rotatable bonds is 15. The standard InChI is InChI=1S/C27H24ClFN6O5S.C21H13ClFN5O4S.C20H9ClFN7O2S/c1-38-20-12-15(2-5-19(20)40-11-8-34-6-9-39-10-7-34)32-25(36)23-22-21-24(30-14-31-26(21)41-23)35(27(37)33-22)16-3-4-18(29)17(28)13-16;1-32-14-6-9(2-5-13(14)29)26-19(30)17-16-15-18(24-8-25-20(15)33-17)28(21(31)27-16)10-3-4-12(23)11(22)7-10;21-12-5-11(3-4-13(12)22)29-17-14-15(28-20(29)31)16(32-19(14)26-8-25-17)18(30)27-10-2-1-9(6-23)24-7-10/h2-5,12-14H,6-11H2,1H3,(H,32,36)(H,33,37);2-8,29H,1H3,(H,26,30)(H,27,31);1-5,7-8H,(H,27,30)(H,28,31). The lowest BCUT2D eigenvalue weighted by Crippen LogP contribution is -2.38. The van der Waals surface area contributed by atoms with Crippen molar-refractivity contribution in [3.05, 3.63) is 181 Å². The minimum atomic E-state index is -0.619. The molecule has 29 nitrogen and oxygen atoms in total. The highest BCUT2D eigenvalue weighted by molar-refractivity contribution is 7.22. The van der Waals surface area contributed by atoms with E-state index in [-0.39, 0.29) is 75.7 Å². The summed E-state index contributed by atoms with van der Waals surface area (Å²) in [6.45, 7) is 4.43. The average Bonchev–Trinajstić information content (AvgIpc) is 1.56. The van der Waals surface area contributed by atoms with E-state index >= 15 is 0 Å². The van der Waals surface area contributed by atoms with Crippen LogP contribution in [-0.2, 0) is 4.74 Å². The molecule has 1 fully saturated rings. The molecule has 0 atom stereocenters. The number of hydrogen-bond donors (Lipinski definition) is 7. The smallest absolute Gasteiger partial charge is 0.332 e. The number of thiophene rings is 3. The third-order valence-electron chi connectivity index (χ3n) is 16.2. The van der Waals surface area contributed by atoms with Crippen LogP contribution < -0.4 is 60.8 Å². The van der Waals surface area contributed by atoms with Gasteiger partial charge in [-0.1, -0.05) is 34.8 Å². The third-order valence-corrected chi connectivity index (χ3v) is 20.4. The number of carbonyl (C=O) groups is 6. The Hall–Kier alpha value is -12.1. The van der Waals surface area contributed by atoms with E-state index in [4.69, 9.17) is 59.0 Å². The number of aromatic hydroxyl groups is 1. The van der Waals surface area contributed by atoms with Gasteiger partial charge in [0.1, 0.15) is 83.9 Å². The van der Waals surface area contributed by atoms with Crippen LogP contribution in [0.15, 0.2) is 128 Å². The number of nitrogens with zero attached hydrogens (tertiary/aromatic N) is 12. The van der Waals surface area contributed by atoms with Crippen molar-refractivity contribution >= 4 is 204 Å². The van der Waals surface area contributed by atoms with Gasteiger partial charge >= 0.3 is 18.1 Å². The number of nitrogens with one attached hydrogen (secondary N) is 6. The number of morpholine rings is 1. The number of carbonyl (C=O) groups excluding carboxylic acids is 6. The maximum absolute atomic E-state index is 13.8. The average molecular weight is 1550 g/mol. The van der Waals surface area contributed by atoms with Crippen LogP contribution in [0.25, 0.3) is 30.6 Å². The molecule has 38 heteroatoms. The monoisotopic (exact) mass is 1550 g/mol. The Kier molecular flexibility index (Phi) is 20.0. The maximum Gasteiger partial charge on any atom is 0.332 e. The number of halogens is 6. The van der Waals surface area contributed by atoms with Crippen molar-refractivity contribution in [1.82, 2.24) is 39.8 Å². The van der Waals surface area contributed by atoms with E-state index in [1.807, 2.05) is 6.07 Å². The van der Waals surface area contributed by atoms with Crippen LogP contribution in [0, 0.1) is 28.8 Å². The Balaban J connectivity index is 0.000000135. The van der Waals surface area contributed by atoms with Crippen molar-refractivity contribution in [2.24, 2.45) is 0 Å². The second-order valence-corrected chi connectivity index (χ2v) is 26.8. The molecule has 0 unspecified atom stereocenters. The number of phenolic OH excluding ortho intramolecular Hbond substituents is 1. The van der Waals surface area contributed by atoms with Crippen LogP contribution in [0.1, 0.15) is 34.7 Å². The SMILES string of the molecule is COc1cc(NC(=O)c2sc3ncnc4c3c2NC(=O)N4c2ccc(F)c(Cl)c2)ccc1O.COc1cc(NC(=O)c2sc3ncnc4c3c2NC(=O)N4c2ccc(F)c(Cl)c2)ccc1OCCN1CCOCC1.N#Cc1ccc(NC(=O)c2sc3ncnc4c3c2NC(=O)N4c2ccc(F)c(Cl)c2)cn1. The summed E-state index contributed by atoms with van der Waals surface area (Å²) in [7, 11) is 2.92. The van der Waals surface area contributed by atoms with Crippen molar-refractivity contribution in [2.75, 3.05) is 100 Å². The fraction of sp³-hybridized carbons (Fsp3) is 0.118. The summed E-state index contributed by atoms with van der Waals surface area (Å²) >= 11 is 21.0. The van der Waals surface area contributed by atoms with Crippen LogP contribution in [-0.4, -0.2) is 134 Å². The predicted octanol–water partition coefficient (Wildman–Crippen LogP) is 15.0. The summed E-state index contributed by atoms with van der Waals surface area (Å²) in [4.78, 5) is 116. The highest BCUT2D eigenvalue weighted by atomic mass is 35.5. The number of amides is 9. The zero-order valence-electron chi connectivity index (χ0n) is 54.3. The highest BCUT2D eigenvalue weighted by Crippen LogP contribution is 2.49. The zero-order chi connectivity index (χ0) is 74.2. The quantitative estimate of drug-likeness (QED) is 0.0469. The molecule has 9 amide bonds. The van der Waals surface area contributed by atoms with Gasteiger partial charge in [-0.3, -0.25) is 19.3 Å². The Bertz CT molecular complexity index is 5650. The van der Waals surface area contributed by atoms with Crippen LogP contribution in [0.4, 0.5) is 96.2 Å². The van der Waals surface area contributed by atoms with Gasteiger partial charge in [-0.15, -0.1) is 34.0 Å². The lowest BCUT2D eigenvalue weighted by molar-refractivity contribution is 0.0321. The molecule has 12 aromatic rings. The molecule has 5 aromatic carbocycles. The summed E-state index contributed by atoms with van der Waals surface area (Å²) in [5.41, 5.74) is 3.22. The molecule has 0 spiro atoms. The van der Waals surface area contributed by atoms with Gasteiger partial charge in [0.25, 0.3) is 17.7 Å². The number of benzene rings is 5. The summed E-state index contributed by atoms with van der Waals surface area (Å²) in [5.74, 6) is -1.39. The fourth-order valence-electron chi connectivity index (χ4n) is 11.3. The first-order valence-corrected chi connectivity index (χ1v) is 34.6. The largest absolute Gasteiger partial charge is 0.504 e. The molecule has 7 N–H and O–H groups in total. The summed E-state index contributed by atoms with van der Waals surface area (Å²) in [5, 5.41) is 36.0. The number of urea groups is 3. The van der Waals surface area contributed by atoms with E-state index in [0.717, 1.165) is 79.0 Å². The van der Waals surface area contributed by atoms with Gasteiger partial charge in [-0.05, 0) is 91.0 Å². The number of hydrogen-bond acceptors (Lipinski definition) is 23. The van der Waals surface area contributed by atoms with Gasteiger partial charge in [0.15, 0.2) is 40.5 Å². The van der Waals surface area contributed by atoms with Crippen LogP contribution in [0.3, 0.4) is 0 Å². The molecule has 16 rings (SSSR count). The molecule has 0 saturated carbocycles. The van der Waals surface area contributed by atoms with E-state index in [0.29, 0.717) is 88.6 Å². The van der Waals surface area contributed by atoms with Crippen molar-refractivity contribution in [3.63, 3.8) is 0 Å². The first kappa shape index (κ1) is 70.9. The van der Waals surface area contributed by atoms with Gasteiger partial charge < -0.3 is 56.0 Å². The molecule has 0 bridgehead atoms. The number of pyridine rings is 1. The zero-order valence-corrected chi connectivity index (χ0v) is 59.0. The topological polar surface area (TPSA) is 359 Å². The van der Waals surface area contributed by atoms with Gasteiger partial charge in [0.05, 0.1) is 105 Å². The van der Waals surface area contributed by atoms with Gasteiger partial charge in [0.2, 0.25) is 0 Å². The number of anilines is 12. The normalized spacial score (nSPS) is 13.5. The predicted molar refractivity (Wildman–Crippen MR) is 393 cm³/mol. The molecular weight excluding hydrogens is 1500 g/mol. The van der Waals surface area contributed by atoms with E-state index in [1.54, 1.807) is 24.3 Å². The Morgan fingerprint density at radius 3 is 1.35 bits per heavy atom. The van der Waals surface area contributed by atoms with Crippen molar-refractivity contribution in [1.29, 1.82) is 5.26 Å². The summed E-state index contributed by atoms with van der Waals surface area (Å²) < 4.78 is 62.9. The molecule has 534 valence electrons. The van der Waals surface area contributed by atoms with Gasteiger partial charge in [0, 0.05) is 43.1 Å². The van der Waals surface area contributed by atoms with Gasteiger partial charge in [-0.25, -0.2) is 77.1 Å². The lowest BCUT2D eigenvalue weighted by Gasteiger charge is -2.27. The molecule has 11 heterocycles. The van der Waals surface area contributed by atoms with E-state index < -0.39 is 53.3 Å². The Morgan fingerprint density at radius 1 is 0.547 bits per heavy atom. The highest BCUT2D eigenvalue weighted by Gasteiger charge is 2.38. The van der Waals surface area contributed by atoms with Crippen molar-refractivity contribution in [3.8, 4) is 29.1 Å². The minimum absolute atomic E-state index is 0.0689. The van der Waals surface area contributed by atoms with Crippen LogP contribution in [0.5, 0.6) is 23.0 Å². The number of methoxy groups -OCH3 is 2. The second-order valence-electron chi connectivity index (χ2n) is 22.6. The molecule has 106 heavy (non-hydrogen) atoms. The number of ether oxygens (including phenoxy) is 4. The lowest BCUT2D eigenvalue weighted by atomic mass is 10.2. The van der Waals surface area contributed by atoms with Crippen molar-refractivity contribution in [2.45, 2.75) is 0 Å². The fourth-order valence-corrected chi connectivity index (χ4v) is 14.8. The molecule has 7 aromatic heterocycles. The molecule has 0 radical (unpaired) electrons. The van der Waals surface area contributed by atoms with E-state index in [1.165, 1.54) is 121 Å².